The molecule has 0 unspecified atom stereocenters. The number of carbonyl (C=O) groups excluding carboxylic acids is 1. The standard InChI is InChI=1S/C21H13Cl2NO3/c1-26-19-9-6-12-4-2-3-5-14(12)15(19)11-18-21(25)27-20(24-18)16-10-13(22)7-8-17(16)23/h2-11H,1H3/b18-11-. The van der Waals surface area contributed by atoms with Crippen molar-refractivity contribution in [2.75, 3.05) is 7.11 Å². The van der Waals surface area contributed by atoms with Crippen molar-refractivity contribution in [3.05, 3.63) is 81.5 Å². The van der Waals surface area contributed by atoms with Gasteiger partial charge in [0.1, 0.15) is 5.75 Å². The lowest BCUT2D eigenvalue weighted by Gasteiger charge is -2.08. The maximum absolute atomic E-state index is 12.4. The van der Waals surface area contributed by atoms with Crippen molar-refractivity contribution in [3.63, 3.8) is 0 Å². The second kappa shape index (κ2) is 7.06. The van der Waals surface area contributed by atoms with Gasteiger partial charge < -0.3 is 9.47 Å². The predicted molar refractivity (Wildman–Crippen MR) is 108 cm³/mol. The molecule has 1 aliphatic heterocycles. The first kappa shape index (κ1) is 17.6. The van der Waals surface area contributed by atoms with Crippen LogP contribution >= 0.6 is 23.2 Å². The minimum atomic E-state index is -0.559. The number of fused-ring (bicyclic) bond motifs is 1. The fourth-order valence-electron chi connectivity index (χ4n) is 2.92. The normalized spacial score (nSPS) is 15.1. The third-order valence-corrected chi connectivity index (χ3v) is 4.78. The Kier molecular flexibility index (Phi) is 4.60. The number of hydrogen-bond donors (Lipinski definition) is 0. The fourth-order valence-corrected chi connectivity index (χ4v) is 3.30. The lowest BCUT2D eigenvalue weighted by Crippen LogP contribution is -2.06. The zero-order chi connectivity index (χ0) is 19.0. The van der Waals surface area contributed by atoms with Crippen molar-refractivity contribution in [2.24, 2.45) is 4.99 Å². The van der Waals surface area contributed by atoms with E-state index in [1.54, 1.807) is 31.4 Å². The van der Waals surface area contributed by atoms with Crippen LogP contribution in [0.1, 0.15) is 11.1 Å². The Balaban J connectivity index is 1.85. The van der Waals surface area contributed by atoms with Crippen LogP contribution in [0.4, 0.5) is 0 Å². The van der Waals surface area contributed by atoms with Gasteiger partial charge in [-0.1, -0.05) is 53.5 Å². The molecule has 0 amide bonds. The fraction of sp³-hybridized carbons (Fsp3) is 0.0476. The molecule has 0 N–H and O–H groups in total. The van der Waals surface area contributed by atoms with Crippen molar-refractivity contribution in [2.45, 2.75) is 0 Å². The maximum atomic E-state index is 12.4. The van der Waals surface area contributed by atoms with Gasteiger partial charge in [0.25, 0.3) is 0 Å². The van der Waals surface area contributed by atoms with Crippen molar-refractivity contribution in [3.8, 4) is 5.75 Å². The third kappa shape index (κ3) is 3.29. The summed E-state index contributed by atoms with van der Waals surface area (Å²) in [5.41, 5.74) is 1.38. The quantitative estimate of drug-likeness (QED) is 0.432. The van der Waals surface area contributed by atoms with Gasteiger partial charge in [0.05, 0.1) is 17.7 Å². The number of hydrogen-bond acceptors (Lipinski definition) is 4. The molecule has 0 fully saturated rings. The van der Waals surface area contributed by atoms with E-state index >= 15 is 0 Å². The Hall–Kier alpha value is -2.82. The topological polar surface area (TPSA) is 47.9 Å². The molecule has 134 valence electrons. The molecule has 3 aromatic rings. The number of benzene rings is 3. The van der Waals surface area contributed by atoms with Crippen molar-refractivity contribution in [1.82, 2.24) is 0 Å². The molecule has 3 aromatic carbocycles. The molecule has 0 bridgehead atoms. The first-order valence-electron chi connectivity index (χ1n) is 8.10. The summed E-state index contributed by atoms with van der Waals surface area (Å²) in [5, 5.41) is 2.84. The summed E-state index contributed by atoms with van der Waals surface area (Å²) in [6.07, 6.45) is 1.66. The predicted octanol–water partition coefficient (Wildman–Crippen LogP) is 5.50. The second-order valence-corrected chi connectivity index (χ2v) is 6.71. The molecular formula is C21H13Cl2NO3. The number of rotatable bonds is 3. The molecule has 0 saturated heterocycles. The van der Waals surface area contributed by atoms with Crippen LogP contribution in [-0.2, 0) is 9.53 Å². The smallest absolute Gasteiger partial charge is 0.363 e. The highest BCUT2D eigenvalue weighted by molar-refractivity contribution is 6.36. The van der Waals surface area contributed by atoms with Crippen LogP contribution in [0.2, 0.25) is 10.0 Å². The molecular weight excluding hydrogens is 385 g/mol. The summed E-state index contributed by atoms with van der Waals surface area (Å²) in [4.78, 5) is 16.7. The summed E-state index contributed by atoms with van der Waals surface area (Å²) in [5.74, 6) is 0.201. The minimum Gasteiger partial charge on any atom is -0.496 e. The Morgan fingerprint density at radius 2 is 1.89 bits per heavy atom. The van der Waals surface area contributed by atoms with E-state index in [2.05, 4.69) is 4.99 Å². The van der Waals surface area contributed by atoms with Crippen molar-refractivity contribution < 1.29 is 14.3 Å². The number of methoxy groups -OCH3 is 1. The van der Waals surface area contributed by atoms with Crippen LogP contribution < -0.4 is 4.74 Å². The number of ether oxygens (including phenoxy) is 2. The molecule has 1 aliphatic rings. The Bertz CT molecular complexity index is 1140. The molecule has 0 saturated carbocycles. The van der Waals surface area contributed by atoms with Gasteiger partial charge in [0.2, 0.25) is 5.90 Å². The lowest BCUT2D eigenvalue weighted by molar-refractivity contribution is -0.129. The molecule has 0 aromatic heterocycles. The Morgan fingerprint density at radius 1 is 1.07 bits per heavy atom. The zero-order valence-electron chi connectivity index (χ0n) is 14.2. The van der Waals surface area contributed by atoms with Gasteiger partial charge in [0, 0.05) is 10.6 Å². The molecule has 4 rings (SSSR count). The van der Waals surface area contributed by atoms with E-state index in [9.17, 15) is 4.79 Å². The Morgan fingerprint density at radius 3 is 2.70 bits per heavy atom. The SMILES string of the molecule is COc1ccc2ccccc2c1/C=C1\N=C(c2cc(Cl)ccc2Cl)OC1=O. The highest BCUT2D eigenvalue weighted by Gasteiger charge is 2.26. The molecule has 27 heavy (non-hydrogen) atoms. The van der Waals surface area contributed by atoms with E-state index < -0.39 is 5.97 Å². The summed E-state index contributed by atoms with van der Waals surface area (Å²) in [7, 11) is 1.58. The summed E-state index contributed by atoms with van der Waals surface area (Å²) in [6, 6.07) is 16.5. The number of esters is 1. The van der Waals surface area contributed by atoms with E-state index in [0.717, 1.165) is 16.3 Å². The first-order chi connectivity index (χ1) is 13.1. The van der Waals surface area contributed by atoms with Crippen LogP contribution in [0.15, 0.2) is 65.3 Å². The van der Waals surface area contributed by atoms with E-state index in [0.29, 0.717) is 21.4 Å². The van der Waals surface area contributed by atoms with E-state index in [1.165, 1.54) is 0 Å². The molecule has 6 heteroatoms. The maximum Gasteiger partial charge on any atom is 0.363 e. The van der Waals surface area contributed by atoms with Crippen molar-refractivity contribution in [1.29, 1.82) is 0 Å². The van der Waals surface area contributed by atoms with Gasteiger partial charge in [0.15, 0.2) is 5.70 Å². The molecule has 0 spiro atoms. The van der Waals surface area contributed by atoms with Crippen LogP contribution in [0.5, 0.6) is 5.75 Å². The summed E-state index contributed by atoms with van der Waals surface area (Å²) in [6.45, 7) is 0. The van der Waals surface area contributed by atoms with Gasteiger partial charge >= 0.3 is 5.97 Å². The van der Waals surface area contributed by atoms with Gasteiger partial charge in [-0.05, 0) is 41.1 Å². The van der Waals surface area contributed by atoms with Crippen LogP contribution in [0.25, 0.3) is 16.8 Å². The minimum absolute atomic E-state index is 0.123. The number of aliphatic imine (C=N–C) groups is 1. The highest BCUT2D eigenvalue weighted by atomic mass is 35.5. The highest BCUT2D eigenvalue weighted by Crippen LogP contribution is 2.32. The third-order valence-electron chi connectivity index (χ3n) is 4.21. The number of cyclic esters (lactones) is 1. The molecule has 1 heterocycles. The van der Waals surface area contributed by atoms with E-state index in [-0.39, 0.29) is 11.6 Å². The average Bonchev–Trinajstić information content (AvgIpc) is 3.04. The van der Waals surface area contributed by atoms with Crippen LogP contribution in [0, 0.1) is 0 Å². The number of nitrogens with zero attached hydrogens (tertiary/aromatic N) is 1. The molecule has 0 atom stereocenters. The van der Waals surface area contributed by atoms with Gasteiger partial charge in [-0.3, -0.25) is 0 Å². The summed E-state index contributed by atoms with van der Waals surface area (Å²) < 4.78 is 10.8. The van der Waals surface area contributed by atoms with Gasteiger partial charge in [-0.15, -0.1) is 0 Å². The molecule has 0 radical (unpaired) electrons. The van der Waals surface area contributed by atoms with Crippen molar-refractivity contribution >= 4 is 51.9 Å². The number of carbonyl (C=O) groups is 1. The van der Waals surface area contributed by atoms with Gasteiger partial charge in [-0.25, -0.2) is 9.79 Å². The largest absolute Gasteiger partial charge is 0.496 e. The number of halogens is 2. The Labute approximate surface area is 165 Å². The van der Waals surface area contributed by atoms with E-state index in [1.807, 2.05) is 36.4 Å². The lowest BCUT2D eigenvalue weighted by atomic mass is 10.0. The van der Waals surface area contributed by atoms with Crippen LogP contribution in [-0.4, -0.2) is 19.0 Å². The monoisotopic (exact) mass is 397 g/mol. The average molecular weight is 398 g/mol. The summed E-state index contributed by atoms with van der Waals surface area (Å²) >= 11 is 12.2. The molecule has 0 aliphatic carbocycles. The zero-order valence-corrected chi connectivity index (χ0v) is 15.7. The van der Waals surface area contributed by atoms with E-state index in [4.69, 9.17) is 32.7 Å². The second-order valence-electron chi connectivity index (χ2n) is 5.86. The van der Waals surface area contributed by atoms with Crippen LogP contribution in [0.3, 0.4) is 0 Å². The first-order valence-corrected chi connectivity index (χ1v) is 8.86. The van der Waals surface area contributed by atoms with Gasteiger partial charge in [-0.2, -0.15) is 0 Å². The molecule has 4 nitrogen and oxygen atoms in total.